The zero-order valence-corrected chi connectivity index (χ0v) is 7.34. The molecule has 1 heteroatoms. The second-order valence-electron chi connectivity index (χ2n) is 2.13. The molecule has 0 nitrogen and oxygen atoms in total. The predicted octanol–water partition coefficient (Wildman–Crippen LogP) is 2.83. The molecule has 0 amide bonds. The average Bonchev–Trinajstić information content (AvgIpc) is 2.03. The zero-order valence-electron chi connectivity index (χ0n) is 5.76. The van der Waals surface area contributed by atoms with Crippen molar-refractivity contribution in [3.63, 3.8) is 0 Å². The van der Waals surface area contributed by atoms with Gasteiger partial charge in [-0.1, -0.05) is 46.3 Å². The second kappa shape index (κ2) is 4.51. The second-order valence-corrected chi connectivity index (χ2v) is 2.78. The van der Waals surface area contributed by atoms with E-state index in [1.165, 1.54) is 5.56 Å². The van der Waals surface area contributed by atoms with Crippen molar-refractivity contribution in [2.75, 3.05) is 5.33 Å². The summed E-state index contributed by atoms with van der Waals surface area (Å²) in [6.07, 6.45) is 3.27. The molecule has 10 heavy (non-hydrogen) atoms. The predicted molar refractivity (Wildman–Crippen MR) is 48.2 cm³/mol. The molecule has 0 heterocycles. The molecule has 0 atom stereocenters. The first-order valence-electron chi connectivity index (χ1n) is 3.35. The number of benzene rings is 1. The van der Waals surface area contributed by atoms with Crippen LogP contribution < -0.4 is 0 Å². The third-order valence-corrected chi connectivity index (χ3v) is 1.79. The lowest BCUT2D eigenvalue weighted by Gasteiger charge is -1.95. The molecule has 0 saturated heterocycles. The first kappa shape index (κ1) is 7.80. The average molecular weight is 198 g/mol. The maximum atomic E-state index is 3.35. The Balaban J connectivity index is 2.43. The van der Waals surface area contributed by atoms with E-state index in [-0.39, 0.29) is 0 Å². The van der Waals surface area contributed by atoms with Crippen LogP contribution >= 0.6 is 15.9 Å². The Hall–Kier alpha value is -0.300. The maximum Gasteiger partial charge on any atom is 0.00659 e. The molecule has 1 rings (SSSR count). The van der Waals surface area contributed by atoms with Crippen molar-refractivity contribution in [2.45, 2.75) is 6.42 Å². The van der Waals surface area contributed by atoms with Gasteiger partial charge in [0.05, 0.1) is 0 Å². The number of halogens is 1. The van der Waals surface area contributed by atoms with E-state index in [2.05, 4.69) is 46.6 Å². The van der Waals surface area contributed by atoms with Crippen LogP contribution in [0.15, 0.2) is 30.3 Å². The van der Waals surface area contributed by atoms with Gasteiger partial charge in [0.2, 0.25) is 0 Å². The van der Waals surface area contributed by atoms with E-state index < -0.39 is 0 Å². The van der Waals surface area contributed by atoms with E-state index in [0.29, 0.717) is 0 Å². The molecule has 0 N–H and O–H groups in total. The minimum Gasteiger partial charge on any atom is -0.0925 e. The molecule has 0 aromatic heterocycles. The Kier molecular flexibility index (Phi) is 3.52. The molecule has 0 saturated carbocycles. The van der Waals surface area contributed by atoms with Gasteiger partial charge in [-0.15, -0.1) is 0 Å². The van der Waals surface area contributed by atoms with Crippen LogP contribution in [-0.2, 0) is 6.42 Å². The van der Waals surface area contributed by atoms with Gasteiger partial charge in [0.1, 0.15) is 0 Å². The fourth-order valence-electron chi connectivity index (χ4n) is 0.835. The van der Waals surface area contributed by atoms with E-state index in [1.807, 2.05) is 6.07 Å². The summed E-state index contributed by atoms with van der Waals surface area (Å²) in [5, 5.41) is 0.974. The van der Waals surface area contributed by atoms with Crippen LogP contribution in [0.1, 0.15) is 5.56 Å². The van der Waals surface area contributed by atoms with Crippen molar-refractivity contribution in [1.82, 2.24) is 0 Å². The molecule has 0 unspecified atom stereocenters. The monoisotopic (exact) mass is 197 g/mol. The Morgan fingerprint density at radius 2 is 1.90 bits per heavy atom. The molecule has 1 aromatic carbocycles. The summed E-state index contributed by atoms with van der Waals surface area (Å²) in [6, 6.07) is 10.4. The van der Waals surface area contributed by atoms with Gasteiger partial charge in [0.15, 0.2) is 0 Å². The molecule has 0 fully saturated rings. The highest BCUT2D eigenvalue weighted by molar-refractivity contribution is 9.09. The fraction of sp³-hybridized carbons (Fsp3) is 0.222. The number of alkyl halides is 1. The van der Waals surface area contributed by atoms with Crippen LogP contribution in [0.4, 0.5) is 0 Å². The van der Waals surface area contributed by atoms with Crippen LogP contribution in [-0.4, -0.2) is 5.33 Å². The quantitative estimate of drug-likeness (QED) is 0.655. The normalized spacial score (nSPS) is 9.70. The number of rotatable bonds is 3. The molecular weight excluding hydrogens is 188 g/mol. The standard InChI is InChI=1S/C9H10Br/c10-8-4-7-9-5-2-1-3-6-9/h1-6H,7-8H2. The summed E-state index contributed by atoms with van der Waals surface area (Å²) in [6.45, 7) is 0. The smallest absolute Gasteiger partial charge is 0.00659 e. The topological polar surface area (TPSA) is 0 Å². The van der Waals surface area contributed by atoms with Crippen molar-refractivity contribution >= 4 is 15.9 Å². The van der Waals surface area contributed by atoms with Gasteiger partial charge in [-0.2, -0.15) is 0 Å². The molecule has 1 aromatic rings. The Morgan fingerprint density at radius 1 is 1.20 bits per heavy atom. The minimum atomic E-state index is 0.974. The Morgan fingerprint density at radius 3 is 2.50 bits per heavy atom. The van der Waals surface area contributed by atoms with Crippen molar-refractivity contribution in [2.24, 2.45) is 0 Å². The van der Waals surface area contributed by atoms with Gasteiger partial charge in [-0.3, -0.25) is 0 Å². The van der Waals surface area contributed by atoms with Gasteiger partial charge < -0.3 is 0 Å². The molecular formula is C9H10Br. The van der Waals surface area contributed by atoms with E-state index in [9.17, 15) is 0 Å². The summed E-state index contributed by atoms with van der Waals surface area (Å²) in [5.41, 5.74) is 1.38. The molecule has 53 valence electrons. The number of hydrogen-bond donors (Lipinski definition) is 0. The highest BCUT2D eigenvalue weighted by Gasteiger charge is 1.88. The summed E-state index contributed by atoms with van der Waals surface area (Å²) in [7, 11) is 0. The van der Waals surface area contributed by atoms with Gasteiger partial charge in [-0.05, 0) is 18.4 Å². The molecule has 0 bridgehead atoms. The zero-order chi connectivity index (χ0) is 7.23. The van der Waals surface area contributed by atoms with Gasteiger partial charge in [-0.25, -0.2) is 0 Å². The van der Waals surface area contributed by atoms with E-state index in [0.717, 1.165) is 11.8 Å². The first-order valence-corrected chi connectivity index (χ1v) is 4.47. The molecule has 0 aliphatic carbocycles. The number of hydrogen-bond acceptors (Lipinski definition) is 0. The van der Waals surface area contributed by atoms with Crippen molar-refractivity contribution in [1.29, 1.82) is 0 Å². The molecule has 1 radical (unpaired) electrons. The van der Waals surface area contributed by atoms with Gasteiger partial charge in [0.25, 0.3) is 0 Å². The third kappa shape index (κ3) is 2.53. The highest BCUT2D eigenvalue weighted by Crippen LogP contribution is 2.02. The molecule has 0 spiro atoms. The van der Waals surface area contributed by atoms with Crippen LogP contribution in [0.5, 0.6) is 0 Å². The van der Waals surface area contributed by atoms with Crippen LogP contribution in [0.25, 0.3) is 0 Å². The summed E-state index contributed by atoms with van der Waals surface area (Å²) >= 11 is 3.35. The van der Waals surface area contributed by atoms with Crippen molar-refractivity contribution in [3.05, 3.63) is 42.3 Å². The summed E-state index contributed by atoms with van der Waals surface area (Å²) in [4.78, 5) is 0. The Labute approximate surface area is 70.4 Å². The lowest BCUT2D eigenvalue weighted by Crippen LogP contribution is -1.84. The summed E-state index contributed by atoms with van der Waals surface area (Å²) < 4.78 is 0. The van der Waals surface area contributed by atoms with Crippen LogP contribution in [0, 0.1) is 6.42 Å². The lowest BCUT2D eigenvalue weighted by molar-refractivity contribution is 1.16. The van der Waals surface area contributed by atoms with Gasteiger partial charge >= 0.3 is 0 Å². The Bertz CT molecular complexity index is 169. The fourth-order valence-corrected chi connectivity index (χ4v) is 1.06. The molecule has 0 aliphatic rings. The third-order valence-electron chi connectivity index (χ3n) is 1.33. The SMILES string of the molecule is BrC[CH]Cc1ccccc1. The van der Waals surface area contributed by atoms with Crippen molar-refractivity contribution in [3.8, 4) is 0 Å². The van der Waals surface area contributed by atoms with Crippen LogP contribution in [0.2, 0.25) is 0 Å². The van der Waals surface area contributed by atoms with Crippen molar-refractivity contribution < 1.29 is 0 Å². The summed E-state index contributed by atoms with van der Waals surface area (Å²) in [5.74, 6) is 0. The molecule has 0 aliphatic heterocycles. The van der Waals surface area contributed by atoms with Crippen LogP contribution in [0.3, 0.4) is 0 Å². The van der Waals surface area contributed by atoms with E-state index in [4.69, 9.17) is 0 Å². The minimum absolute atomic E-state index is 0.974. The maximum absolute atomic E-state index is 3.35. The van der Waals surface area contributed by atoms with Gasteiger partial charge in [0, 0.05) is 5.33 Å². The van der Waals surface area contributed by atoms with E-state index >= 15 is 0 Å². The van der Waals surface area contributed by atoms with E-state index in [1.54, 1.807) is 0 Å². The first-order chi connectivity index (χ1) is 4.93. The largest absolute Gasteiger partial charge is 0.0925 e. The lowest BCUT2D eigenvalue weighted by atomic mass is 10.1. The highest BCUT2D eigenvalue weighted by atomic mass is 79.9.